The molecule has 156 valence electrons. The van der Waals surface area contributed by atoms with Crippen molar-refractivity contribution < 1.29 is 4.74 Å². The summed E-state index contributed by atoms with van der Waals surface area (Å²) in [4.78, 5) is 37.3. The summed E-state index contributed by atoms with van der Waals surface area (Å²) in [5, 5.41) is 10.0. The minimum absolute atomic E-state index is 0.0213. The highest BCUT2D eigenvalue weighted by molar-refractivity contribution is 6.37. The molecule has 0 aliphatic carbocycles. The average molecular weight is 459 g/mol. The number of aromatic nitrogens is 5. The van der Waals surface area contributed by atoms with Gasteiger partial charge in [-0.05, 0) is 17.7 Å². The molecule has 4 rings (SSSR count). The third kappa shape index (κ3) is 4.06. The Hall–Kier alpha value is -3.89. The van der Waals surface area contributed by atoms with Crippen molar-refractivity contribution in [2.24, 2.45) is 0 Å². The molecule has 0 bridgehead atoms. The van der Waals surface area contributed by atoms with Gasteiger partial charge in [-0.2, -0.15) is 4.68 Å². The largest absolute Gasteiger partial charge is 0.434 e. The molecule has 0 aliphatic rings. The number of rotatable bonds is 4. The van der Waals surface area contributed by atoms with Crippen molar-refractivity contribution >= 4 is 29.0 Å². The highest BCUT2D eigenvalue weighted by atomic mass is 35.5. The van der Waals surface area contributed by atoms with Crippen molar-refractivity contribution in [3.63, 3.8) is 0 Å². The van der Waals surface area contributed by atoms with E-state index < -0.39 is 22.6 Å². The van der Waals surface area contributed by atoms with Crippen LogP contribution in [0.25, 0.3) is 16.8 Å². The summed E-state index contributed by atoms with van der Waals surface area (Å²) in [5.74, 6) is -0.308. The molecule has 0 spiro atoms. The van der Waals surface area contributed by atoms with Gasteiger partial charge in [-0.25, -0.2) is 9.89 Å². The van der Waals surface area contributed by atoms with Crippen LogP contribution in [0.5, 0.6) is 11.6 Å². The van der Waals surface area contributed by atoms with Crippen molar-refractivity contribution in [2.45, 2.75) is 0 Å². The summed E-state index contributed by atoms with van der Waals surface area (Å²) in [6.45, 7) is 0. The van der Waals surface area contributed by atoms with Crippen molar-refractivity contribution in [3.05, 3.63) is 89.8 Å². The second-order valence-corrected chi connectivity index (χ2v) is 7.03. The fourth-order valence-electron chi connectivity index (χ4n) is 2.74. The van der Waals surface area contributed by atoms with Gasteiger partial charge in [0.2, 0.25) is 11.7 Å². The number of hydrogen-bond donors (Lipinski definition) is 3. The van der Waals surface area contributed by atoms with Crippen LogP contribution in [0.4, 0.5) is 5.82 Å². The number of nitrogens with one attached hydrogen (secondary N) is 2. The summed E-state index contributed by atoms with van der Waals surface area (Å²) in [7, 11) is 0. The average Bonchev–Trinajstić information content (AvgIpc) is 2.74. The number of ether oxygens (including phenoxy) is 1. The first kappa shape index (κ1) is 20.4. The van der Waals surface area contributed by atoms with Crippen molar-refractivity contribution in [2.75, 3.05) is 5.73 Å². The Bertz CT molecular complexity index is 1440. The predicted octanol–water partition coefficient (Wildman–Crippen LogP) is 2.35. The Kier molecular flexibility index (Phi) is 5.32. The maximum Gasteiger partial charge on any atom is 0.349 e. The highest BCUT2D eigenvalue weighted by Gasteiger charge is 2.17. The molecule has 4 N–H and O–H groups in total. The first-order valence-electron chi connectivity index (χ1n) is 8.65. The Morgan fingerprint density at radius 3 is 2.35 bits per heavy atom. The van der Waals surface area contributed by atoms with E-state index in [2.05, 4.69) is 15.3 Å². The number of benzene rings is 2. The summed E-state index contributed by atoms with van der Waals surface area (Å²) < 4.78 is 6.65. The van der Waals surface area contributed by atoms with Crippen LogP contribution in [0.15, 0.2) is 62.9 Å². The van der Waals surface area contributed by atoms with Crippen LogP contribution in [0.3, 0.4) is 0 Å². The van der Waals surface area contributed by atoms with E-state index in [1.54, 1.807) is 24.3 Å². The minimum atomic E-state index is -0.825. The molecule has 0 atom stereocenters. The van der Waals surface area contributed by atoms with E-state index in [9.17, 15) is 14.4 Å². The van der Waals surface area contributed by atoms with Gasteiger partial charge in [0.05, 0.1) is 21.3 Å². The van der Waals surface area contributed by atoms with E-state index in [1.807, 2.05) is 11.1 Å². The van der Waals surface area contributed by atoms with Crippen LogP contribution in [0.1, 0.15) is 0 Å². The van der Waals surface area contributed by atoms with Gasteiger partial charge >= 0.3 is 5.69 Å². The predicted molar refractivity (Wildman–Crippen MR) is 115 cm³/mol. The van der Waals surface area contributed by atoms with Gasteiger partial charge in [0, 0.05) is 6.07 Å². The van der Waals surface area contributed by atoms with Gasteiger partial charge in [-0.3, -0.25) is 14.6 Å². The summed E-state index contributed by atoms with van der Waals surface area (Å²) >= 11 is 12.7. The topological polar surface area (TPSA) is 149 Å². The summed E-state index contributed by atoms with van der Waals surface area (Å²) in [5.41, 5.74) is 4.69. The normalized spacial score (nSPS) is 10.8. The molecule has 0 unspecified atom stereocenters. The molecule has 2 heterocycles. The van der Waals surface area contributed by atoms with Crippen LogP contribution >= 0.6 is 23.2 Å². The second kappa shape index (κ2) is 8.09. The van der Waals surface area contributed by atoms with Crippen LogP contribution < -0.4 is 27.3 Å². The quantitative estimate of drug-likeness (QED) is 0.424. The van der Waals surface area contributed by atoms with Crippen molar-refractivity contribution in [3.8, 4) is 28.4 Å². The zero-order valence-corrected chi connectivity index (χ0v) is 16.9. The molecule has 0 amide bonds. The molecule has 0 fully saturated rings. The fourth-order valence-corrected chi connectivity index (χ4v) is 3.30. The lowest BCUT2D eigenvalue weighted by molar-refractivity contribution is 0.456. The number of nitrogen functional groups attached to an aromatic ring is 1. The monoisotopic (exact) mass is 458 g/mol. The number of halogens is 2. The second-order valence-electron chi connectivity index (χ2n) is 6.21. The first-order chi connectivity index (χ1) is 14.8. The standard InChI is InChI=1S/C19H12Cl2N6O4/c20-12-6-10(27-19(30)23-17(29)16(22)26-27)7-13(21)15(12)31-18-11(8-14(28)24-25-18)9-4-2-1-3-5-9/h1-8H,(H2,22,26)(H,24,28)(H,23,29,30). The molecular formula is C19H12Cl2N6O4. The van der Waals surface area contributed by atoms with E-state index in [4.69, 9.17) is 33.7 Å². The number of nitrogens with two attached hydrogens (primary N) is 1. The van der Waals surface area contributed by atoms with Gasteiger partial charge < -0.3 is 10.5 Å². The lowest BCUT2D eigenvalue weighted by Crippen LogP contribution is -2.33. The maximum absolute atomic E-state index is 12.1. The SMILES string of the molecule is Nc1nn(-c2cc(Cl)c(Oc3n[nH]c(=O)cc3-c3ccccc3)c(Cl)c2)c(=O)[nH]c1=O. The molecule has 0 aliphatic heterocycles. The summed E-state index contributed by atoms with van der Waals surface area (Å²) in [6, 6.07) is 13.0. The van der Waals surface area contributed by atoms with Crippen LogP contribution in [-0.4, -0.2) is 25.0 Å². The molecule has 0 saturated heterocycles. The van der Waals surface area contributed by atoms with Gasteiger partial charge in [-0.1, -0.05) is 53.5 Å². The fraction of sp³-hybridized carbons (Fsp3) is 0. The third-order valence-corrected chi connectivity index (χ3v) is 4.70. The van der Waals surface area contributed by atoms with Crippen LogP contribution in [-0.2, 0) is 0 Å². The first-order valence-corrected chi connectivity index (χ1v) is 9.40. The molecule has 0 saturated carbocycles. The molecule has 2 aromatic carbocycles. The molecule has 2 aromatic heterocycles. The molecule has 0 radical (unpaired) electrons. The number of H-pyrrole nitrogens is 2. The van der Waals surface area contributed by atoms with Crippen LogP contribution in [0, 0.1) is 0 Å². The van der Waals surface area contributed by atoms with E-state index in [1.165, 1.54) is 18.2 Å². The maximum atomic E-state index is 12.1. The van der Waals surface area contributed by atoms with Gasteiger partial charge in [-0.15, -0.1) is 10.2 Å². The number of aromatic amines is 2. The zero-order valence-electron chi connectivity index (χ0n) is 15.4. The van der Waals surface area contributed by atoms with E-state index >= 15 is 0 Å². The van der Waals surface area contributed by atoms with Crippen LogP contribution in [0.2, 0.25) is 10.0 Å². The van der Waals surface area contributed by atoms with E-state index in [0.29, 0.717) is 11.1 Å². The molecule has 10 nitrogen and oxygen atoms in total. The van der Waals surface area contributed by atoms with Gasteiger partial charge in [0.25, 0.3) is 11.1 Å². The van der Waals surface area contributed by atoms with Crippen molar-refractivity contribution in [1.82, 2.24) is 25.0 Å². The highest BCUT2D eigenvalue weighted by Crippen LogP contribution is 2.39. The van der Waals surface area contributed by atoms with Gasteiger partial charge in [0.15, 0.2) is 5.75 Å². The molecule has 4 aromatic rings. The number of hydrogen-bond acceptors (Lipinski definition) is 7. The lowest BCUT2D eigenvalue weighted by Gasteiger charge is -2.13. The zero-order chi connectivity index (χ0) is 22.1. The van der Waals surface area contributed by atoms with Crippen molar-refractivity contribution in [1.29, 1.82) is 0 Å². The Morgan fingerprint density at radius 2 is 1.68 bits per heavy atom. The van der Waals surface area contributed by atoms with E-state index in [-0.39, 0.29) is 27.4 Å². The molecule has 12 heteroatoms. The Labute approximate surface area is 182 Å². The van der Waals surface area contributed by atoms with Gasteiger partial charge in [0.1, 0.15) is 0 Å². The van der Waals surface area contributed by atoms with E-state index in [0.717, 1.165) is 4.68 Å². The lowest BCUT2D eigenvalue weighted by atomic mass is 10.1. The Balaban J connectivity index is 1.79. The summed E-state index contributed by atoms with van der Waals surface area (Å²) in [6.07, 6.45) is 0. The number of nitrogens with zero attached hydrogens (tertiary/aromatic N) is 3. The Morgan fingerprint density at radius 1 is 1.00 bits per heavy atom. The third-order valence-electron chi connectivity index (χ3n) is 4.14. The smallest absolute Gasteiger partial charge is 0.349 e. The minimum Gasteiger partial charge on any atom is -0.434 e. The number of anilines is 1. The molecule has 31 heavy (non-hydrogen) atoms. The molecular weight excluding hydrogens is 447 g/mol.